The van der Waals surface area contributed by atoms with E-state index in [1.807, 2.05) is 4.90 Å². The summed E-state index contributed by atoms with van der Waals surface area (Å²) in [5.41, 5.74) is 0. The van der Waals surface area contributed by atoms with Crippen LogP contribution in [0.5, 0.6) is 0 Å². The summed E-state index contributed by atoms with van der Waals surface area (Å²) in [6, 6.07) is -0.129. The lowest BCUT2D eigenvalue weighted by Gasteiger charge is -2.32. The summed E-state index contributed by atoms with van der Waals surface area (Å²) in [5.74, 6) is 1.07. The van der Waals surface area contributed by atoms with Crippen molar-refractivity contribution in [2.24, 2.45) is 11.8 Å². The van der Waals surface area contributed by atoms with Crippen LogP contribution in [0.2, 0.25) is 0 Å². The minimum atomic E-state index is -0.111. The van der Waals surface area contributed by atoms with Crippen LogP contribution in [-0.2, 0) is 0 Å². The zero-order valence-electron chi connectivity index (χ0n) is 11.3. The Morgan fingerprint density at radius 3 is 2.76 bits per heavy atom. The zero-order chi connectivity index (χ0) is 12.8. The molecule has 0 radical (unpaired) electrons. The van der Waals surface area contributed by atoms with Gasteiger partial charge in [0.05, 0.1) is 12.6 Å². The van der Waals surface area contributed by atoms with Crippen molar-refractivity contribution in [2.45, 2.75) is 46.1 Å². The van der Waals surface area contributed by atoms with Crippen molar-refractivity contribution in [3.8, 4) is 0 Å². The number of nitrogens with zero attached hydrogens (tertiary/aromatic N) is 1. The fourth-order valence-electron chi connectivity index (χ4n) is 2.39. The lowest BCUT2D eigenvalue weighted by Crippen LogP contribution is -2.49. The van der Waals surface area contributed by atoms with Gasteiger partial charge in [0.15, 0.2) is 0 Å². The van der Waals surface area contributed by atoms with Crippen LogP contribution in [0.4, 0.5) is 4.79 Å². The SMILES string of the molecule is CC(C)CC(CO)NC(=O)N1CCCC(C)C1. The molecule has 2 amide bonds. The molecule has 0 aromatic carbocycles. The van der Waals surface area contributed by atoms with Crippen LogP contribution in [0, 0.1) is 11.8 Å². The van der Waals surface area contributed by atoms with Crippen molar-refractivity contribution in [2.75, 3.05) is 19.7 Å². The van der Waals surface area contributed by atoms with Gasteiger partial charge in [-0.25, -0.2) is 4.79 Å². The van der Waals surface area contributed by atoms with E-state index in [0.29, 0.717) is 11.8 Å². The van der Waals surface area contributed by atoms with E-state index in [1.165, 1.54) is 6.42 Å². The molecular formula is C13H26N2O2. The fourth-order valence-corrected chi connectivity index (χ4v) is 2.39. The van der Waals surface area contributed by atoms with E-state index in [-0.39, 0.29) is 18.7 Å². The predicted octanol–water partition coefficient (Wildman–Crippen LogP) is 1.83. The quantitative estimate of drug-likeness (QED) is 0.790. The molecule has 2 atom stereocenters. The third-order valence-corrected chi connectivity index (χ3v) is 3.25. The first kappa shape index (κ1) is 14.3. The molecule has 2 unspecified atom stereocenters. The Kier molecular flexibility index (Phi) is 5.75. The topological polar surface area (TPSA) is 52.6 Å². The molecule has 0 aliphatic carbocycles. The lowest BCUT2D eigenvalue weighted by atomic mass is 10.0. The largest absolute Gasteiger partial charge is 0.394 e. The Morgan fingerprint density at radius 1 is 1.53 bits per heavy atom. The second-order valence-electron chi connectivity index (χ2n) is 5.65. The number of likely N-dealkylation sites (tertiary alicyclic amines) is 1. The van der Waals surface area contributed by atoms with E-state index in [0.717, 1.165) is 25.9 Å². The Balaban J connectivity index is 2.40. The van der Waals surface area contributed by atoms with Crippen LogP contribution >= 0.6 is 0 Å². The first-order chi connectivity index (χ1) is 8.02. The monoisotopic (exact) mass is 242 g/mol. The number of hydrogen-bond donors (Lipinski definition) is 2. The molecule has 1 saturated heterocycles. The van der Waals surface area contributed by atoms with Crippen LogP contribution < -0.4 is 5.32 Å². The van der Waals surface area contributed by atoms with Gasteiger partial charge in [0.25, 0.3) is 0 Å². The Hall–Kier alpha value is -0.770. The minimum absolute atomic E-state index is 0.0174. The molecule has 4 nitrogen and oxygen atoms in total. The van der Waals surface area contributed by atoms with Crippen LogP contribution in [0.1, 0.15) is 40.0 Å². The molecule has 0 aromatic heterocycles. The number of piperidine rings is 1. The lowest BCUT2D eigenvalue weighted by molar-refractivity contribution is 0.155. The minimum Gasteiger partial charge on any atom is -0.394 e. The van der Waals surface area contributed by atoms with Gasteiger partial charge in [-0.05, 0) is 31.1 Å². The van der Waals surface area contributed by atoms with E-state index in [1.54, 1.807) is 0 Å². The molecule has 17 heavy (non-hydrogen) atoms. The summed E-state index contributed by atoms with van der Waals surface area (Å²) in [6.45, 7) is 8.07. The van der Waals surface area contributed by atoms with Gasteiger partial charge in [-0.2, -0.15) is 0 Å². The number of aliphatic hydroxyl groups excluding tert-OH is 1. The number of carbonyl (C=O) groups is 1. The van der Waals surface area contributed by atoms with Gasteiger partial charge < -0.3 is 15.3 Å². The molecule has 4 heteroatoms. The van der Waals surface area contributed by atoms with Gasteiger partial charge in [-0.15, -0.1) is 0 Å². The van der Waals surface area contributed by atoms with Crippen LogP contribution in [0.25, 0.3) is 0 Å². The van der Waals surface area contributed by atoms with Crippen LogP contribution in [-0.4, -0.2) is 41.8 Å². The number of rotatable bonds is 4. The Morgan fingerprint density at radius 2 is 2.24 bits per heavy atom. The maximum absolute atomic E-state index is 12.0. The molecule has 1 rings (SSSR count). The van der Waals surface area contributed by atoms with Gasteiger partial charge in [-0.3, -0.25) is 0 Å². The van der Waals surface area contributed by atoms with Crippen molar-refractivity contribution < 1.29 is 9.90 Å². The standard InChI is InChI=1S/C13H26N2O2/c1-10(2)7-12(9-16)14-13(17)15-6-4-5-11(3)8-15/h10-12,16H,4-9H2,1-3H3,(H,14,17). The molecule has 1 heterocycles. The van der Waals surface area contributed by atoms with E-state index in [4.69, 9.17) is 0 Å². The highest BCUT2D eigenvalue weighted by Gasteiger charge is 2.22. The van der Waals surface area contributed by atoms with Gasteiger partial charge in [0, 0.05) is 13.1 Å². The smallest absolute Gasteiger partial charge is 0.317 e. The van der Waals surface area contributed by atoms with Crippen molar-refractivity contribution >= 4 is 6.03 Å². The van der Waals surface area contributed by atoms with E-state index >= 15 is 0 Å². The summed E-state index contributed by atoms with van der Waals surface area (Å²) in [4.78, 5) is 13.9. The van der Waals surface area contributed by atoms with Crippen LogP contribution in [0.3, 0.4) is 0 Å². The highest BCUT2D eigenvalue weighted by Crippen LogP contribution is 2.15. The predicted molar refractivity (Wildman–Crippen MR) is 68.8 cm³/mol. The summed E-state index contributed by atoms with van der Waals surface area (Å²) >= 11 is 0. The number of urea groups is 1. The molecule has 0 spiro atoms. The Labute approximate surface area is 104 Å². The molecule has 2 N–H and O–H groups in total. The first-order valence-electron chi connectivity index (χ1n) is 6.69. The third-order valence-electron chi connectivity index (χ3n) is 3.25. The molecule has 0 bridgehead atoms. The normalized spacial score (nSPS) is 22.6. The highest BCUT2D eigenvalue weighted by molar-refractivity contribution is 5.74. The van der Waals surface area contributed by atoms with Gasteiger partial charge in [0.2, 0.25) is 0 Å². The van der Waals surface area contributed by atoms with Crippen molar-refractivity contribution in [3.63, 3.8) is 0 Å². The number of nitrogens with one attached hydrogen (secondary N) is 1. The van der Waals surface area contributed by atoms with Crippen molar-refractivity contribution in [1.29, 1.82) is 0 Å². The summed E-state index contributed by atoms with van der Waals surface area (Å²) < 4.78 is 0. The summed E-state index contributed by atoms with van der Waals surface area (Å²) in [6.07, 6.45) is 3.12. The molecule has 0 saturated carbocycles. The van der Waals surface area contributed by atoms with Gasteiger partial charge >= 0.3 is 6.03 Å². The van der Waals surface area contributed by atoms with Crippen molar-refractivity contribution in [3.05, 3.63) is 0 Å². The van der Waals surface area contributed by atoms with E-state index < -0.39 is 0 Å². The number of carbonyl (C=O) groups excluding carboxylic acids is 1. The maximum atomic E-state index is 12.0. The van der Waals surface area contributed by atoms with Gasteiger partial charge in [-0.1, -0.05) is 20.8 Å². The van der Waals surface area contributed by atoms with E-state index in [9.17, 15) is 9.90 Å². The average molecular weight is 242 g/mol. The van der Waals surface area contributed by atoms with Crippen LogP contribution in [0.15, 0.2) is 0 Å². The molecule has 1 aliphatic heterocycles. The zero-order valence-corrected chi connectivity index (χ0v) is 11.3. The number of hydrogen-bond acceptors (Lipinski definition) is 2. The second kappa shape index (κ2) is 6.84. The highest BCUT2D eigenvalue weighted by atomic mass is 16.3. The summed E-state index contributed by atoms with van der Waals surface area (Å²) in [7, 11) is 0. The van der Waals surface area contributed by atoms with Gasteiger partial charge in [0.1, 0.15) is 0 Å². The first-order valence-corrected chi connectivity index (χ1v) is 6.69. The van der Waals surface area contributed by atoms with Crippen molar-refractivity contribution in [1.82, 2.24) is 10.2 Å². The molecule has 0 aromatic rings. The molecule has 1 fully saturated rings. The Bertz CT molecular complexity index is 244. The second-order valence-corrected chi connectivity index (χ2v) is 5.65. The molecule has 1 aliphatic rings. The molecular weight excluding hydrogens is 216 g/mol. The third kappa shape index (κ3) is 4.94. The van der Waals surface area contributed by atoms with E-state index in [2.05, 4.69) is 26.1 Å². The number of aliphatic hydroxyl groups is 1. The number of amides is 2. The summed E-state index contributed by atoms with van der Waals surface area (Å²) in [5, 5.41) is 12.2. The average Bonchev–Trinajstić information content (AvgIpc) is 2.27. The maximum Gasteiger partial charge on any atom is 0.317 e. The molecule has 100 valence electrons. The fraction of sp³-hybridized carbons (Fsp3) is 0.923.